The van der Waals surface area contributed by atoms with Gasteiger partial charge >= 0.3 is 0 Å². The van der Waals surface area contributed by atoms with Crippen molar-refractivity contribution < 1.29 is 4.79 Å². The van der Waals surface area contributed by atoms with Crippen molar-refractivity contribution in [2.75, 3.05) is 0 Å². The molecule has 0 aromatic rings. The quantitative estimate of drug-likeness (QED) is 0.700. The molecule has 86 valence electrons. The Labute approximate surface area is 89.5 Å². The van der Waals surface area contributed by atoms with E-state index in [2.05, 4.69) is 19.2 Å². The highest BCUT2D eigenvalue weighted by molar-refractivity contribution is 5.75. The van der Waals surface area contributed by atoms with Crippen molar-refractivity contribution in [2.24, 2.45) is 0 Å². The van der Waals surface area contributed by atoms with E-state index in [1.807, 2.05) is 20.8 Å². The highest BCUT2D eigenvalue weighted by atomic mass is 16.1. The summed E-state index contributed by atoms with van der Waals surface area (Å²) in [5.41, 5.74) is 0. The van der Waals surface area contributed by atoms with Gasteiger partial charge in [0.25, 0.3) is 0 Å². The molecule has 0 aliphatic carbocycles. The lowest BCUT2D eigenvalue weighted by Gasteiger charge is -2.15. The second-order valence-corrected chi connectivity index (χ2v) is 3.17. The highest BCUT2D eigenvalue weighted by Gasteiger charge is 2.07. The first-order valence-electron chi connectivity index (χ1n) is 6.03. The Morgan fingerprint density at radius 3 is 2.14 bits per heavy atom. The number of carbonyl (C=O) groups excluding carboxylic acids is 1. The zero-order valence-corrected chi connectivity index (χ0v) is 10.5. The Balaban J connectivity index is 0. The molecule has 0 spiro atoms. The van der Waals surface area contributed by atoms with Gasteiger partial charge in [-0.15, -0.1) is 0 Å². The number of amides is 1. The minimum atomic E-state index is 0.179. The van der Waals surface area contributed by atoms with Crippen LogP contribution >= 0.6 is 0 Å². The molecule has 2 heteroatoms. The van der Waals surface area contributed by atoms with Gasteiger partial charge in [0.2, 0.25) is 5.91 Å². The largest absolute Gasteiger partial charge is 0.353 e. The molecule has 0 aromatic carbocycles. The number of unbranched alkanes of at least 4 members (excludes halogenated alkanes) is 1. The number of nitrogens with one attached hydrogen (secondary N) is 1. The van der Waals surface area contributed by atoms with Gasteiger partial charge in [-0.2, -0.15) is 0 Å². The lowest BCUT2D eigenvalue weighted by molar-refractivity contribution is -0.121. The van der Waals surface area contributed by atoms with Crippen LogP contribution in [0.25, 0.3) is 0 Å². The van der Waals surface area contributed by atoms with Gasteiger partial charge in [0, 0.05) is 12.5 Å². The molecule has 0 aliphatic heterocycles. The Morgan fingerprint density at radius 2 is 1.79 bits per heavy atom. The third kappa shape index (κ3) is 9.56. The number of rotatable bonds is 6. The van der Waals surface area contributed by atoms with Crippen LogP contribution in [-0.2, 0) is 4.79 Å². The second kappa shape index (κ2) is 12.5. The molecular weight excluding hydrogens is 174 g/mol. The first-order chi connectivity index (χ1) is 6.74. The first-order valence-corrected chi connectivity index (χ1v) is 6.03. The fourth-order valence-corrected chi connectivity index (χ4v) is 1.16. The van der Waals surface area contributed by atoms with Gasteiger partial charge in [0.1, 0.15) is 0 Å². The van der Waals surface area contributed by atoms with Gasteiger partial charge in [0.05, 0.1) is 0 Å². The topological polar surface area (TPSA) is 29.1 Å². The maximum Gasteiger partial charge on any atom is 0.219 e. The third-order valence-electron chi connectivity index (χ3n) is 2.09. The SMILES string of the molecule is CC.CCCCC(CC)NC(=O)CC. The van der Waals surface area contributed by atoms with Crippen molar-refractivity contribution >= 4 is 5.91 Å². The standard InChI is InChI=1S/C10H21NO.C2H6/c1-4-7-8-9(5-2)11-10(12)6-3;1-2/h9H,4-8H2,1-3H3,(H,11,12);1-2H3. The smallest absolute Gasteiger partial charge is 0.219 e. The van der Waals surface area contributed by atoms with Crippen LogP contribution in [0.3, 0.4) is 0 Å². The van der Waals surface area contributed by atoms with Gasteiger partial charge in [-0.3, -0.25) is 4.79 Å². The van der Waals surface area contributed by atoms with Crippen LogP contribution < -0.4 is 5.32 Å². The number of hydrogen-bond donors (Lipinski definition) is 1. The zero-order valence-electron chi connectivity index (χ0n) is 10.5. The van der Waals surface area contributed by atoms with Crippen molar-refractivity contribution in [1.82, 2.24) is 5.32 Å². The summed E-state index contributed by atoms with van der Waals surface area (Å²) in [6.45, 7) is 10.2. The molecule has 1 unspecified atom stereocenters. The summed E-state index contributed by atoms with van der Waals surface area (Å²) in [5.74, 6) is 0.179. The van der Waals surface area contributed by atoms with Gasteiger partial charge < -0.3 is 5.32 Å². The molecule has 14 heavy (non-hydrogen) atoms. The van der Waals surface area contributed by atoms with E-state index in [-0.39, 0.29) is 5.91 Å². The summed E-state index contributed by atoms with van der Waals surface area (Å²) in [4.78, 5) is 11.0. The monoisotopic (exact) mass is 201 g/mol. The van der Waals surface area contributed by atoms with E-state index in [1.54, 1.807) is 0 Å². The Morgan fingerprint density at radius 1 is 1.21 bits per heavy atom. The summed E-state index contributed by atoms with van der Waals surface area (Å²) in [6, 6.07) is 0.400. The van der Waals surface area contributed by atoms with Crippen molar-refractivity contribution in [3.63, 3.8) is 0 Å². The molecule has 0 radical (unpaired) electrons. The van der Waals surface area contributed by atoms with Crippen LogP contribution in [-0.4, -0.2) is 11.9 Å². The van der Waals surface area contributed by atoms with E-state index in [9.17, 15) is 4.79 Å². The van der Waals surface area contributed by atoms with Crippen LogP contribution in [0, 0.1) is 0 Å². The fraction of sp³-hybridized carbons (Fsp3) is 0.917. The first kappa shape index (κ1) is 15.9. The predicted molar refractivity (Wildman–Crippen MR) is 63.4 cm³/mol. The molecule has 2 nitrogen and oxygen atoms in total. The summed E-state index contributed by atoms with van der Waals surface area (Å²) < 4.78 is 0. The van der Waals surface area contributed by atoms with Crippen molar-refractivity contribution in [2.45, 2.75) is 72.8 Å². The van der Waals surface area contributed by atoms with E-state index in [0.29, 0.717) is 12.5 Å². The summed E-state index contributed by atoms with van der Waals surface area (Å²) >= 11 is 0. The molecule has 0 aromatic heterocycles. The maximum atomic E-state index is 11.0. The molecule has 0 bridgehead atoms. The van der Waals surface area contributed by atoms with Crippen molar-refractivity contribution in [1.29, 1.82) is 0 Å². The maximum absolute atomic E-state index is 11.0. The van der Waals surface area contributed by atoms with E-state index in [0.717, 1.165) is 12.8 Å². The van der Waals surface area contributed by atoms with E-state index >= 15 is 0 Å². The van der Waals surface area contributed by atoms with E-state index in [1.165, 1.54) is 12.8 Å². The number of hydrogen-bond acceptors (Lipinski definition) is 1. The minimum Gasteiger partial charge on any atom is -0.353 e. The van der Waals surface area contributed by atoms with Gasteiger partial charge in [0.15, 0.2) is 0 Å². The molecule has 1 atom stereocenters. The lowest BCUT2D eigenvalue weighted by Crippen LogP contribution is -2.33. The highest BCUT2D eigenvalue weighted by Crippen LogP contribution is 2.03. The van der Waals surface area contributed by atoms with Crippen molar-refractivity contribution in [3.05, 3.63) is 0 Å². The summed E-state index contributed by atoms with van der Waals surface area (Å²) in [6.07, 6.45) is 5.19. The number of carbonyl (C=O) groups is 1. The second-order valence-electron chi connectivity index (χ2n) is 3.17. The lowest BCUT2D eigenvalue weighted by atomic mass is 10.1. The Bertz CT molecular complexity index is 123. The zero-order chi connectivity index (χ0) is 11.4. The van der Waals surface area contributed by atoms with Crippen LogP contribution in [0.15, 0.2) is 0 Å². The van der Waals surface area contributed by atoms with E-state index < -0.39 is 0 Å². The Kier molecular flexibility index (Phi) is 14.2. The molecule has 1 N–H and O–H groups in total. The van der Waals surface area contributed by atoms with Gasteiger partial charge in [-0.25, -0.2) is 0 Å². The van der Waals surface area contributed by atoms with Crippen LogP contribution in [0.5, 0.6) is 0 Å². The van der Waals surface area contributed by atoms with Gasteiger partial charge in [-0.05, 0) is 12.8 Å². The normalized spacial score (nSPS) is 11.2. The van der Waals surface area contributed by atoms with Crippen LogP contribution in [0.1, 0.15) is 66.7 Å². The van der Waals surface area contributed by atoms with Crippen molar-refractivity contribution in [3.8, 4) is 0 Å². The molecular formula is C12H27NO. The molecule has 0 aliphatic rings. The van der Waals surface area contributed by atoms with E-state index in [4.69, 9.17) is 0 Å². The fourth-order valence-electron chi connectivity index (χ4n) is 1.16. The molecule has 0 rings (SSSR count). The average molecular weight is 201 g/mol. The van der Waals surface area contributed by atoms with Crippen LogP contribution in [0.4, 0.5) is 0 Å². The third-order valence-corrected chi connectivity index (χ3v) is 2.09. The van der Waals surface area contributed by atoms with Gasteiger partial charge in [-0.1, -0.05) is 47.5 Å². The minimum absolute atomic E-state index is 0.179. The predicted octanol–water partition coefficient (Wildman–Crippen LogP) is 3.51. The summed E-state index contributed by atoms with van der Waals surface area (Å²) in [7, 11) is 0. The van der Waals surface area contributed by atoms with Crippen LogP contribution in [0.2, 0.25) is 0 Å². The molecule has 0 saturated heterocycles. The molecule has 1 amide bonds. The molecule has 0 saturated carbocycles. The molecule has 0 heterocycles. The summed E-state index contributed by atoms with van der Waals surface area (Å²) in [5, 5.41) is 3.01. The average Bonchev–Trinajstić information content (AvgIpc) is 2.26. The molecule has 0 fully saturated rings. The Hall–Kier alpha value is -0.530.